The molecule has 0 spiro atoms. The topological polar surface area (TPSA) is 33.4 Å². The molecule has 6 heteroatoms. The van der Waals surface area contributed by atoms with Gasteiger partial charge in [-0.05, 0) is 30.3 Å². The van der Waals surface area contributed by atoms with E-state index in [1.54, 1.807) is 18.3 Å². The van der Waals surface area contributed by atoms with Crippen molar-refractivity contribution >= 4 is 23.1 Å². The number of fused-ring (bicyclic) bond motifs is 1. The SMILES string of the molecule is Fc1ccc(-c2cc3c(N4CCSCC4)nccn3n2)cc1. The molecule has 4 rings (SSSR count). The molecule has 0 aliphatic carbocycles. The normalized spacial score (nSPS) is 15.4. The summed E-state index contributed by atoms with van der Waals surface area (Å²) in [5.74, 6) is 2.99. The standard InChI is InChI=1S/C16H15FN4S/c17-13-3-1-12(2-4-13)14-11-15-16(18-5-6-21(15)19-14)20-7-9-22-10-8-20/h1-6,11H,7-10H2. The van der Waals surface area contributed by atoms with E-state index in [4.69, 9.17) is 0 Å². The van der Waals surface area contributed by atoms with E-state index < -0.39 is 0 Å². The number of aromatic nitrogens is 3. The van der Waals surface area contributed by atoms with Crippen LogP contribution >= 0.6 is 11.8 Å². The minimum atomic E-state index is -0.235. The summed E-state index contributed by atoms with van der Waals surface area (Å²) in [6, 6.07) is 8.45. The van der Waals surface area contributed by atoms with Gasteiger partial charge in [0.05, 0.1) is 5.69 Å². The Morgan fingerprint density at radius 3 is 2.64 bits per heavy atom. The molecule has 1 aromatic carbocycles. The zero-order valence-corrected chi connectivity index (χ0v) is 12.8. The van der Waals surface area contributed by atoms with Gasteiger partial charge in [0.1, 0.15) is 11.3 Å². The van der Waals surface area contributed by atoms with E-state index in [1.165, 1.54) is 12.1 Å². The number of halogens is 1. The van der Waals surface area contributed by atoms with Crippen molar-refractivity contribution in [1.29, 1.82) is 0 Å². The summed E-state index contributed by atoms with van der Waals surface area (Å²) >= 11 is 1.97. The lowest BCUT2D eigenvalue weighted by Crippen LogP contribution is -2.33. The Morgan fingerprint density at radius 2 is 1.86 bits per heavy atom. The van der Waals surface area contributed by atoms with Crippen LogP contribution in [0.1, 0.15) is 0 Å². The molecule has 0 bridgehead atoms. The summed E-state index contributed by atoms with van der Waals surface area (Å²) in [6.45, 7) is 2.02. The van der Waals surface area contributed by atoms with Crippen LogP contribution in [0, 0.1) is 5.82 Å². The van der Waals surface area contributed by atoms with Crippen molar-refractivity contribution in [3.05, 3.63) is 48.5 Å². The molecule has 0 saturated carbocycles. The van der Waals surface area contributed by atoms with Gasteiger partial charge in [0.2, 0.25) is 0 Å². The van der Waals surface area contributed by atoms with Crippen LogP contribution in [-0.2, 0) is 0 Å². The van der Waals surface area contributed by atoms with Gasteiger partial charge in [-0.15, -0.1) is 0 Å². The number of thioether (sulfide) groups is 1. The Bertz CT molecular complexity index is 794. The predicted octanol–water partition coefficient (Wildman–Crippen LogP) is 3.09. The molecule has 22 heavy (non-hydrogen) atoms. The Hall–Kier alpha value is -2.08. The second kappa shape index (κ2) is 5.61. The fourth-order valence-corrected chi connectivity index (χ4v) is 3.59. The Balaban J connectivity index is 1.78. The van der Waals surface area contributed by atoms with Gasteiger partial charge in [-0.3, -0.25) is 0 Å². The number of anilines is 1. The zero-order chi connectivity index (χ0) is 14.9. The summed E-state index contributed by atoms with van der Waals surface area (Å²) < 4.78 is 14.9. The Kier molecular flexibility index (Phi) is 3.46. The van der Waals surface area contributed by atoms with Crippen LogP contribution in [0.15, 0.2) is 42.7 Å². The third-order valence-electron chi connectivity index (χ3n) is 3.82. The van der Waals surface area contributed by atoms with Crippen molar-refractivity contribution in [2.24, 2.45) is 0 Å². The minimum Gasteiger partial charge on any atom is -0.353 e. The zero-order valence-electron chi connectivity index (χ0n) is 11.9. The average molecular weight is 314 g/mol. The first-order valence-corrected chi connectivity index (χ1v) is 8.40. The molecule has 1 aliphatic heterocycles. The van der Waals surface area contributed by atoms with Gasteiger partial charge in [-0.2, -0.15) is 16.9 Å². The summed E-state index contributed by atoms with van der Waals surface area (Å²) in [4.78, 5) is 6.86. The van der Waals surface area contributed by atoms with E-state index in [2.05, 4.69) is 15.0 Å². The molecule has 3 heterocycles. The fourth-order valence-electron chi connectivity index (χ4n) is 2.69. The number of benzene rings is 1. The highest BCUT2D eigenvalue weighted by Crippen LogP contribution is 2.26. The van der Waals surface area contributed by atoms with Gasteiger partial charge in [0.15, 0.2) is 5.82 Å². The molecular formula is C16H15FN4S. The highest BCUT2D eigenvalue weighted by Gasteiger charge is 2.17. The lowest BCUT2D eigenvalue weighted by atomic mass is 10.1. The van der Waals surface area contributed by atoms with Crippen molar-refractivity contribution in [2.45, 2.75) is 0 Å². The molecule has 1 fully saturated rings. The second-order valence-corrected chi connectivity index (χ2v) is 6.44. The third-order valence-corrected chi connectivity index (χ3v) is 4.76. The first-order chi connectivity index (χ1) is 10.8. The summed E-state index contributed by atoms with van der Waals surface area (Å²) in [5, 5.41) is 4.59. The van der Waals surface area contributed by atoms with E-state index in [0.29, 0.717) is 0 Å². The number of hydrogen-bond acceptors (Lipinski definition) is 4. The smallest absolute Gasteiger partial charge is 0.154 e. The van der Waals surface area contributed by atoms with Crippen molar-refractivity contribution in [3.8, 4) is 11.3 Å². The molecule has 0 amide bonds. The molecule has 112 valence electrons. The molecule has 4 nitrogen and oxygen atoms in total. The van der Waals surface area contributed by atoms with E-state index in [1.807, 2.05) is 28.5 Å². The van der Waals surface area contributed by atoms with Gasteiger partial charge < -0.3 is 4.90 Å². The Labute approximate surface area is 132 Å². The molecule has 2 aromatic heterocycles. The average Bonchev–Trinajstić information content (AvgIpc) is 3.00. The van der Waals surface area contributed by atoms with Crippen LogP contribution in [-0.4, -0.2) is 39.2 Å². The van der Waals surface area contributed by atoms with Gasteiger partial charge in [0, 0.05) is 42.6 Å². The largest absolute Gasteiger partial charge is 0.353 e. The molecule has 1 saturated heterocycles. The maximum absolute atomic E-state index is 13.1. The molecule has 0 radical (unpaired) electrons. The van der Waals surface area contributed by atoms with Gasteiger partial charge in [0.25, 0.3) is 0 Å². The number of nitrogens with zero attached hydrogens (tertiary/aromatic N) is 4. The summed E-state index contributed by atoms with van der Waals surface area (Å²) in [5.41, 5.74) is 2.74. The predicted molar refractivity (Wildman–Crippen MR) is 87.9 cm³/mol. The van der Waals surface area contributed by atoms with E-state index in [-0.39, 0.29) is 5.82 Å². The molecular weight excluding hydrogens is 299 g/mol. The fraction of sp³-hybridized carbons (Fsp3) is 0.250. The van der Waals surface area contributed by atoms with E-state index in [0.717, 1.165) is 47.2 Å². The minimum absolute atomic E-state index is 0.235. The molecule has 0 atom stereocenters. The monoisotopic (exact) mass is 314 g/mol. The van der Waals surface area contributed by atoms with Crippen molar-refractivity contribution in [3.63, 3.8) is 0 Å². The molecule has 1 aliphatic rings. The third kappa shape index (κ3) is 2.43. The van der Waals surface area contributed by atoms with Crippen LogP contribution in [0.25, 0.3) is 16.8 Å². The van der Waals surface area contributed by atoms with Gasteiger partial charge >= 0.3 is 0 Å². The number of rotatable bonds is 2. The molecule has 0 N–H and O–H groups in total. The van der Waals surface area contributed by atoms with Crippen LogP contribution in [0.2, 0.25) is 0 Å². The Morgan fingerprint density at radius 1 is 1.09 bits per heavy atom. The van der Waals surface area contributed by atoms with Crippen molar-refractivity contribution < 1.29 is 4.39 Å². The summed E-state index contributed by atoms with van der Waals surface area (Å²) in [6.07, 6.45) is 3.63. The molecule has 3 aromatic rings. The number of hydrogen-bond donors (Lipinski definition) is 0. The highest BCUT2D eigenvalue weighted by atomic mass is 32.2. The van der Waals surface area contributed by atoms with Crippen molar-refractivity contribution in [2.75, 3.05) is 29.5 Å². The highest BCUT2D eigenvalue weighted by molar-refractivity contribution is 7.99. The van der Waals surface area contributed by atoms with E-state index in [9.17, 15) is 4.39 Å². The van der Waals surface area contributed by atoms with Crippen LogP contribution in [0.4, 0.5) is 10.2 Å². The maximum atomic E-state index is 13.1. The molecule has 0 unspecified atom stereocenters. The summed E-state index contributed by atoms with van der Waals surface area (Å²) in [7, 11) is 0. The second-order valence-electron chi connectivity index (χ2n) is 5.22. The van der Waals surface area contributed by atoms with Crippen LogP contribution in [0.3, 0.4) is 0 Å². The maximum Gasteiger partial charge on any atom is 0.154 e. The van der Waals surface area contributed by atoms with Gasteiger partial charge in [-0.1, -0.05) is 0 Å². The first kappa shape index (κ1) is 13.6. The van der Waals surface area contributed by atoms with Crippen LogP contribution in [0.5, 0.6) is 0 Å². The van der Waals surface area contributed by atoms with Crippen LogP contribution < -0.4 is 4.90 Å². The lowest BCUT2D eigenvalue weighted by molar-refractivity contribution is 0.628. The quantitative estimate of drug-likeness (QED) is 0.728. The lowest BCUT2D eigenvalue weighted by Gasteiger charge is -2.27. The van der Waals surface area contributed by atoms with E-state index >= 15 is 0 Å². The first-order valence-electron chi connectivity index (χ1n) is 7.24. The van der Waals surface area contributed by atoms with Gasteiger partial charge in [-0.25, -0.2) is 13.9 Å². The van der Waals surface area contributed by atoms with Crippen molar-refractivity contribution in [1.82, 2.24) is 14.6 Å².